The fraction of sp³-hybridized carbons (Fsp3) is 0. The van der Waals surface area contributed by atoms with E-state index < -0.39 is 5.91 Å². The third-order valence-electron chi connectivity index (χ3n) is 2.29. The van der Waals surface area contributed by atoms with Gasteiger partial charge in [-0.2, -0.15) is 4.99 Å². The highest BCUT2D eigenvalue weighted by Gasteiger charge is 2.11. The second-order valence-corrected chi connectivity index (χ2v) is 3.89. The van der Waals surface area contributed by atoms with Crippen LogP contribution in [0.4, 0.5) is 11.4 Å². The number of amides is 1. The zero-order valence-electron chi connectivity index (χ0n) is 9.63. The Morgan fingerprint density at radius 3 is 2.79 bits per heavy atom. The molecule has 0 aliphatic rings. The van der Waals surface area contributed by atoms with E-state index in [1.54, 1.807) is 36.4 Å². The monoisotopic (exact) mass is 273 g/mol. The lowest BCUT2D eigenvalue weighted by Crippen LogP contribution is -2.13. The van der Waals surface area contributed by atoms with Gasteiger partial charge in [0, 0.05) is 6.20 Å². The topological polar surface area (TPSA) is 71.4 Å². The Kier molecular flexibility index (Phi) is 4.03. The molecule has 0 aliphatic carbocycles. The molecule has 1 aromatic carbocycles. The molecule has 1 aromatic heterocycles. The first-order chi connectivity index (χ1) is 9.22. The number of pyridine rings is 1. The van der Waals surface area contributed by atoms with Crippen LogP contribution in [0.5, 0.6) is 0 Å². The highest BCUT2D eigenvalue weighted by atomic mass is 35.5. The van der Waals surface area contributed by atoms with Gasteiger partial charge in [0.2, 0.25) is 6.08 Å². The van der Waals surface area contributed by atoms with Gasteiger partial charge in [-0.3, -0.25) is 9.78 Å². The quantitative estimate of drug-likeness (QED) is 0.690. The first-order valence-electron chi connectivity index (χ1n) is 5.31. The average Bonchev–Trinajstić information content (AvgIpc) is 2.44. The van der Waals surface area contributed by atoms with Crippen molar-refractivity contribution < 1.29 is 9.59 Å². The van der Waals surface area contributed by atoms with Crippen molar-refractivity contribution in [3.63, 3.8) is 0 Å². The van der Waals surface area contributed by atoms with E-state index in [2.05, 4.69) is 15.3 Å². The molecule has 2 aromatic rings. The van der Waals surface area contributed by atoms with Crippen molar-refractivity contribution in [1.29, 1.82) is 0 Å². The maximum Gasteiger partial charge on any atom is 0.274 e. The van der Waals surface area contributed by atoms with Gasteiger partial charge in [-0.05, 0) is 24.3 Å². The number of anilines is 1. The molecule has 1 heterocycles. The summed E-state index contributed by atoms with van der Waals surface area (Å²) in [7, 11) is 0. The van der Waals surface area contributed by atoms with Crippen LogP contribution in [0.25, 0.3) is 0 Å². The number of isocyanates is 1. The molecular formula is C13H8ClN3O2. The van der Waals surface area contributed by atoms with Crippen molar-refractivity contribution in [3.8, 4) is 0 Å². The lowest BCUT2D eigenvalue weighted by Gasteiger charge is -2.07. The van der Waals surface area contributed by atoms with Crippen molar-refractivity contribution in [2.75, 3.05) is 5.32 Å². The molecule has 0 radical (unpaired) electrons. The van der Waals surface area contributed by atoms with Gasteiger partial charge in [-0.25, -0.2) is 4.79 Å². The van der Waals surface area contributed by atoms with E-state index in [1.165, 1.54) is 12.3 Å². The van der Waals surface area contributed by atoms with Crippen molar-refractivity contribution in [2.24, 2.45) is 4.99 Å². The van der Waals surface area contributed by atoms with E-state index in [4.69, 9.17) is 11.6 Å². The van der Waals surface area contributed by atoms with Crippen LogP contribution in [-0.2, 0) is 4.79 Å². The second-order valence-electron chi connectivity index (χ2n) is 3.51. The van der Waals surface area contributed by atoms with Gasteiger partial charge in [0.05, 0.1) is 16.4 Å². The van der Waals surface area contributed by atoms with Crippen LogP contribution in [0.15, 0.2) is 47.6 Å². The Bertz CT molecular complexity index is 652. The molecule has 0 saturated carbocycles. The number of rotatable bonds is 3. The molecule has 6 heteroatoms. The summed E-state index contributed by atoms with van der Waals surface area (Å²) in [4.78, 5) is 29.5. The minimum absolute atomic E-state index is 0.176. The van der Waals surface area contributed by atoms with Crippen LogP contribution in [-0.4, -0.2) is 17.0 Å². The number of halogens is 1. The standard InChI is InChI=1S/C13H8ClN3O2/c14-12-9(16-8-18)5-3-6-10(12)17-13(19)11-4-1-2-7-15-11/h1-7H,(H,17,19). The lowest BCUT2D eigenvalue weighted by molar-refractivity contribution is 0.102. The number of aromatic nitrogens is 1. The van der Waals surface area contributed by atoms with E-state index in [0.717, 1.165) is 0 Å². The maximum atomic E-state index is 11.9. The molecule has 94 valence electrons. The van der Waals surface area contributed by atoms with Crippen molar-refractivity contribution in [1.82, 2.24) is 4.98 Å². The Morgan fingerprint density at radius 1 is 1.26 bits per heavy atom. The molecule has 0 saturated heterocycles. The summed E-state index contributed by atoms with van der Waals surface area (Å²) in [6.45, 7) is 0. The first kappa shape index (κ1) is 13.0. The van der Waals surface area contributed by atoms with Crippen LogP contribution in [0, 0.1) is 0 Å². The van der Waals surface area contributed by atoms with Crippen molar-refractivity contribution in [2.45, 2.75) is 0 Å². The Balaban J connectivity index is 2.27. The highest BCUT2D eigenvalue weighted by molar-refractivity contribution is 6.36. The molecule has 0 unspecified atom stereocenters. The minimum Gasteiger partial charge on any atom is -0.319 e. The van der Waals surface area contributed by atoms with Crippen molar-refractivity contribution >= 4 is 35.0 Å². The van der Waals surface area contributed by atoms with E-state index in [-0.39, 0.29) is 16.4 Å². The molecule has 0 spiro atoms. The number of carbonyl (C=O) groups is 1. The van der Waals surface area contributed by atoms with E-state index in [9.17, 15) is 9.59 Å². The number of nitrogens with zero attached hydrogens (tertiary/aromatic N) is 2. The number of aliphatic imine (C=N–C) groups is 1. The number of hydrogen-bond donors (Lipinski definition) is 1. The first-order valence-corrected chi connectivity index (χ1v) is 5.69. The normalized spacial score (nSPS) is 9.53. The summed E-state index contributed by atoms with van der Waals surface area (Å²) < 4.78 is 0. The second kappa shape index (κ2) is 5.91. The van der Waals surface area contributed by atoms with Gasteiger partial charge in [0.1, 0.15) is 5.69 Å². The van der Waals surface area contributed by atoms with Crippen molar-refractivity contribution in [3.05, 3.63) is 53.3 Å². The fourth-order valence-corrected chi connectivity index (χ4v) is 1.65. The molecule has 1 N–H and O–H groups in total. The van der Waals surface area contributed by atoms with E-state index in [0.29, 0.717) is 5.69 Å². The van der Waals surface area contributed by atoms with Gasteiger partial charge in [0.15, 0.2) is 0 Å². The van der Waals surface area contributed by atoms with Crippen LogP contribution in [0.2, 0.25) is 5.02 Å². The molecule has 0 aliphatic heterocycles. The number of nitrogens with one attached hydrogen (secondary N) is 1. The third-order valence-corrected chi connectivity index (χ3v) is 2.69. The average molecular weight is 274 g/mol. The zero-order valence-corrected chi connectivity index (χ0v) is 10.4. The Labute approximate surface area is 114 Å². The van der Waals surface area contributed by atoms with Gasteiger partial charge in [-0.15, -0.1) is 0 Å². The molecule has 19 heavy (non-hydrogen) atoms. The van der Waals surface area contributed by atoms with Gasteiger partial charge in [-0.1, -0.05) is 23.7 Å². The van der Waals surface area contributed by atoms with Gasteiger partial charge in [0.25, 0.3) is 5.91 Å². The summed E-state index contributed by atoms with van der Waals surface area (Å²) in [5.74, 6) is -0.394. The lowest BCUT2D eigenvalue weighted by atomic mass is 10.2. The predicted octanol–water partition coefficient (Wildman–Crippen LogP) is 2.95. The summed E-state index contributed by atoms with van der Waals surface area (Å²) in [5, 5.41) is 2.78. The fourth-order valence-electron chi connectivity index (χ4n) is 1.44. The SMILES string of the molecule is O=C=Nc1cccc(NC(=O)c2ccccn2)c1Cl. The van der Waals surface area contributed by atoms with E-state index >= 15 is 0 Å². The summed E-state index contributed by atoms with van der Waals surface area (Å²) >= 11 is 6.01. The van der Waals surface area contributed by atoms with Crippen LogP contribution >= 0.6 is 11.6 Å². The minimum atomic E-state index is -0.394. The molecule has 0 bridgehead atoms. The van der Waals surface area contributed by atoms with Gasteiger partial charge < -0.3 is 5.32 Å². The predicted molar refractivity (Wildman–Crippen MR) is 71.4 cm³/mol. The van der Waals surface area contributed by atoms with Crippen LogP contribution < -0.4 is 5.32 Å². The van der Waals surface area contributed by atoms with Crippen LogP contribution in [0.3, 0.4) is 0 Å². The molecule has 0 atom stereocenters. The maximum absolute atomic E-state index is 11.9. The molecule has 1 amide bonds. The smallest absolute Gasteiger partial charge is 0.274 e. The molecule has 5 nitrogen and oxygen atoms in total. The van der Waals surface area contributed by atoms with Gasteiger partial charge >= 0.3 is 0 Å². The highest BCUT2D eigenvalue weighted by Crippen LogP contribution is 2.31. The number of benzene rings is 1. The number of carbonyl (C=O) groups excluding carboxylic acids is 2. The van der Waals surface area contributed by atoms with E-state index in [1.807, 2.05) is 0 Å². The Hall–Kier alpha value is -2.49. The van der Waals surface area contributed by atoms with Crippen LogP contribution in [0.1, 0.15) is 10.5 Å². The third kappa shape index (κ3) is 3.04. The molecular weight excluding hydrogens is 266 g/mol. The summed E-state index contributed by atoms with van der Waals surface area (Å²) in [6, 6.07) is 9.77. The zero-order chi connectivity index (χ0) is 13.7. The molecule has 2 rings (SSSR count). The Morgan fingerprint density at radius 2 is 2.11 bits per heavy atom. The number of hydrogen-bond acceptors (Lipinski definition) is 4. The largest absolute Gasteiger partial charge is 0.319 e. The summed E-state index contributed by atoms with van der Waals surface area (Å²) in [6.07, 6.45) is 2.92. The summed E-state index contributed by atoms with van der Waals surface area (Å²) in [5.41, 5.74) is 0.868. The molecule has 0 fully saturated rings.